The molecule has 4 rings (SSSR count). The molecular weight excluding hydrogens is 264 g/mol. The number of H-pyrrole nitrogens is 1. The highest BCUT2D eigenvalue weighted by molar-refractivity contribution is 5.92. The molecule has 1 aliphatic rings. The van der Waals surface area contributed by atoms with Gasteiger partial charge in [-0.05, 0) is 48.7 Å². The number of rotatable bonds is 1. The van der Waals surface area contributed by atoms with Gasteiger partial charge in [-0.2, -0.15) is 0 Å². The third kappa shape index (κ3) is 2.16. The predicted molar refractivity (Wildman–Crippen MR) is 80.9 cm³/mol. The zero-order chi connectivity index (χ0) is 14.2. The highest BCUT2D eigenvalue weighted by Gasteiger charge is 2.14. The van der Waals surface area contributed by atoms with Crippen LogP contribution >= 0.6 is 0 Å². The van der Waals surface area contributed by atoms with Crippen molar-refractivity contribution < 1.29 is 4.79 Å². The highest BCUT2D eigenvalue weighted by Crippen LogP contribution is 2.27. The maximum atomic E-state index is 11.6. The minimum absolute atomic E-state index is 0.0921. The summed E-state index contributed by atoms with van der Waals surface area (Å²) in [6.07, 6.45) is 4.10. The van der Waals surface area contributed by atoms with E-state index in [-0.39, 0.29) is 5.91 Å². The van der Waals surface area contributed by atoms with Crippen molar-refractivity contribution in [3.8, 4) is 11.4 Å². The Balaban J connectivity index is 1.78. The summed E-state index contributed by atoms with van der Waals surface area (Å²) < 4.78 is 0. The van der Waals surface area contributed by atoms with E-state index in [0.717, 1.165) is 46.6 Å². The molecule has 3 aromatic rings. The standard InChI is InChI=1S/C16H14N4O/c21-14-5-1-3-10-9-11(6-7-12(10)18-14)15-19-13-4-2-8-17-16(13)20-15/h2,4,6-9H,1,3,5H2,(H,18,21)(H,17,19,20). The molecule has 2 aromatic heterocycles. The van der Waals surface area contributed by atoms with Crippen LogP contribution in [-0.2, 0) is 11.2 Å². The molecule has 0 bridgehead atoms. The van der Waals surface area contributed by atoms with E-state index in [1.165, 1.54) is 0 Å². The fourth-order valence-corrected chi connectivity index (χ4v) is 2.70. The Hall–Kier alpha value is -2.69. The SMILES string of the molecule is O=C1CCCc2cc(-c3nc4ncccc4[nH]3)ccc2N1. The molecule has 5 heteroatoms. The van der Waals surface area contributed by atoms with Gasteiger partial charge in [-0.15, -0.1) is 0 Å². The number of hydrogen-bond acceptors (Lipinski definition) is 3. The number of amides is 1. The Labute approximate surface area is 121 Å². The van der Waals surface area contributed by atoms with Gasteiger partial charge in [0.15, 0.2) is 5.65 Å². The number of carbonyl (C=O) groups excluding carboxylic acids is 1. The van der Waals surface area contributed by atoms with Gasteiger partial charge < -0.3 is 10.3 Å². The van der Waals surface area contributed by atoms with Crippen LogP contribution in [0.3, 0.4) is 0 Å². The first kappa shape index (κ1) is 12.1. The minimum Gasteiger partial charge on any atom is -0.337 e. The highest BCUT2D eigenvalue weighted by atomic mass is 16.1. The third-order valence-electron chi connectivity index (χ3n) is 3.76. The molecule has 0 spiro atoms. The first-order valence-electron chi connectivity index (χ1n) is 7.03. The summed E-state index contributed by atoms with van der Waals surface area (Å²) in [5, 5.41) is 2.95. The molecular formula is C16H14N4O. The van der Waals surface area contributed by atoms with Gasteiger partial charge in [0.2, 0.25) is 5.91 Å². The van der Waals surface area contributed by atoms with Crippen molar-refractivity contribution in [2.45, 2.75) is 19.3 Å². The predicted octanol–water partition coefficient (Wildman–Crippen LogP) is 2.90. The largest absolute Gasteiger partial charge is 0.337 e. The Bertz CT molecular complexity index is 804. The number of benzene rings is 1. The molecule has 0 saturated heterocycles. The lowest BCUT2D eigenvalue weighted by Crippen LogP contribution is -2.09. The van der Waals surface area contributed by atoms with Crippen LogP contribution < -0.4 is 5.32 Å². The van der Waals surface area contributed by atoms with Gasteiger partial charge in [-0.1, -0.05) is 0 Å². The first-order chi connectivity index (χ1) is 10.3. The summed E-state index contributed by atoms with van der Waals surface area (Å²) in [4.78, 5) is 23.6. The Morgan fingerprint density at radius 3 is 3.00 bits per heavy atom. The zero-order valence-electron chi connectivity index (χ0n) is 11.4. The van der Waals surface area contributed by atoms with Crippen LogP contribution in [0, 0.1) is 0 Å². The van der Waals surface area contributed by atoms with E-state index >= 15 is 0 Å². The molecule has 0 saturated carbocycles. The van der Waals surface area contributed by atoms with Crippen LogP contribution in [0.5, 0.6) is 0 Å². The van der Waals surface area contributed by atoms with Crippen molar-refractivity contribution in [1.29, 1.82) is 0 Å². The van der Waals surface area contributed by atoms with Crippen LogP contribution in [0.2, 0.25) is 0 Å². The molecule has 2 N–H and O–H groups in total. The number of nitrogens with zero attached hydrogens (tertiary/aromatic N) is 2. The summed E-state index contributed by atoms with van der Waals surface area (Å²) in [6.45, 7) is 0. The van der Waals surface area contributed by atoms with Crippen molar-refractivity contribution in [2.75, 3.05) is 5.32 Å². The van der Waals surface area contributed by atoms with E-state index in [1.54, 1.807) is 6.20 Å². The van der Waals surface area contributed by atoms with Crippen molar-refractivity contribution >= 4 is 22.8 Å². The van der Waals surface area contributed by atoms with E-state index in [1.807, 2.05) is 24.3 Å². The fraction of sp³-hybridized carbons (Fsp3) is 0.188. The van der Waals surface area contributed by atoms with Crippen LogP contribution in [0.1, 0.15) is 18.4 Å². The lowest BCUT2D eigenvalue weighted by atomic mass is 10.0. The molecule has 0 atom stereocenters. The summed E-state index contributed by atoms with van der Waals surface area (Å²) in [5.41, 5.74) is 4.73. The summed E-state index contributed by atoms with van der Waals surface area (Å²) in [6, 6.07) is 9.87. The van der Waals surface area contributed by atoms with Crippen molar-refractivity contribution in [3.05, 3.63) is 42.1 Å². The van der Waals surface area contributed by atoms with Crippen LogP contribution in [-0.4, -0.2) is 20.9 Å². The molecule has 1 aliphatic heterocycles. The van der Waals surface area contributed by atoms with E-state index in [9.17, 15) is 4.79 Å². The van der Waals surface area contributed by atoms with Gasteiger partial charge >= 0.3 is 0 Å². The maximum absolute atomic E-state index is 11.6. The molecule has 0 radical (unpaired) electrons. The number of hydrogen-bond donors (Lipinski definition) is 2. The van der Waals surface area contributed by atoms with Crippen LogP contribution in [0.25, 0.3) is 22.6 Å². The number of pyridine rings is 1. The third-order valence-corrected chi connectivity index (χ3v) is 3.76. The second-order valence-corrected chi connectivity index (χ2v) is 5.23. The van der Waals surface area contributed by atoms with Gasteiger partial charge in [0.05, 0.1) is 5.52 Å². The first-order valence-corrected chi connectivity index (χ1v) is 7.03. The molecule has 0 fully saturated rings. The molecule has 21 heavy (non-hydrogen) atoms. The number of aromatic amines is 1. The summed E-state index contributed by atoms with van der Waals surface area (Å²) in [5.74, 6) is 0.900. The Morgan fingerprint density at radius 1 is 1.14 bits per heavy atom. The Morgan fingerprint density at radius 2 is 2.10 bits per heavy atom. The number of fused-ring (bicyclic) bond motifs is 2. The lowest BCUT2D eigenvalue weighted by molar-refractivity contribution is -0.116. The average Bonchev–Trinajstić information content (AvgIpc) is 2.83. The molecule has 5 nitrogen and oxygen atoms in total. The normalized spacial score (nSPS) is 14.6. The molecule has 104 valence electrons. The average molecular weight is 278 g/mol. The van der Waals surface area contributed by atoms with Gasteiger partial charge in [0, 0.05) is 23.9 Å². The topological polar surface area (TPSA) is 70.7 Å². The smallest absolute Gasteiger partial charge is 0.224 e. The minimum atomic E-state index is 0.0921. The van der Waals surface area contributed by atoms with E-state index in [4.69, 9.17) is 0 Å². The zero-order valence-corrected chi connectivity index (χ0v) is 11.4. The second-order valence-electron chi connectivity index (χ2n) is 5.23. The number of aromatic nitrogens is 3. The van der Waals surface area contributed by atoms with E-state index < -0.39 is 0 Å². The second kappa shape index (κ2) is 4.70. The summed E-state index contributed by atoms with van der Waals surface area (Å²) >= 11 is 0. The molecule has 3 heterocycles. The number of aryl methyl sites for hydroxylation is 1. The molecule has 0 aliphatic carbocycles. The molecule has 1 aromatic carbocycles. The number of carbonyl (C=O) groups is 1. The quantitative estimate of drug-likeness (QED) is 0.719. The number of anilines is 1. The molecule has 1 amide bonds. The van der Waals surface area contributed by atoms with Gasteiger partial charge in [0.1, 0.15) is 5.82 Å². The van der Waals surface area contributed by atoms with Gasteiger partial charge in [-0.3, -0.25) is 4.79 Å². The van der Waals surface area contributed by atoms with Crippen LogP contribution in [0.15, 0.2) is 36.5 Å². The fourth-order valence-electron chi connectivity index (χ4n) is 2.70. The maximum Gasteiger partial charge on any atom is 0.224 e. The van der Waals surface area contributed by atoms with Gasteiger partial charge in [-0.25, -0.2) is 9.97 Å². The van der Waals surface area contributed by atoms with Crippen molar-refractivity contribution in [1.82, 2.24) is 15.0 Å². The van der Waals surface area contributed by atoms with Crippen molar-refractivity contribution in [3.63, 3.8) is 0 Å². The lowest BCUT2D eigenvalue weighted by Gasteiger charge is -2.07. The van der Waals surface area contributed by atoms with Crippen molar-refractivity contribution in [2.24, 2.45) is 0 Å². The number of nitrogens with one attached hydrogen (secondary N) is 2. The number of imidazole rings is 1. The molecule has 0 unspecified atom stereocenters. The Kier molecular flexibility index (Phi) is 2.70. The van der Waals surface area contributed by atoms with E-state index in [2.05, 4.69) is 26.3 Å². The summed E-state index contributed by atoms with van der Waals surface area (Å²) in [7, 11) is 0. The monoisotopic (exact) mass is 278 g/mol. The van der Waals surface area contributed by atoms with Crippen LogP contribution in [0.4, 0.5) is 5.69 Å². The van der Waals surface area contributed by atoms with Gasteiger partial charge in [0.25, 0.3) is 0 Å². The van der Waals surface area contributed by atoms with E-state index in [0.29, 0.717) is 6.42 Å².